The minimum Gasteiger partial charge on any atom is -0.495 e. The van der Waals surface area contributed by atoms with Gasteiger partial charge in [-0.3, -0.25) is 14.5 Å². The summed E-state index contributed by atoms with van der Waals surface area (Å²) in [7, 11) is -2.50. The van der Waals surface area contributed by atoms with Gasteiger partial charge in [0, 0.05) is 18.0 Å². The van der Waals surface area contributed by atoms with Crippen molar-refractivity contribution >= 4 is 32.6 Å². The second-order valence-corrected chi connectivity index (χ2v) is 7.52. The van der Waals surface area contributed by atoms with Crippen LogP contribution in [0, 0.1) is 0 Å². The van der Waals surface area contributed by atoms with Gasteiger partial charge in [0.25, 0.3) is 10.0 Å². The number of aliphatic carboxylic acids is 1. The van der Waals surface area contributed by atoms with Crippen LogP contribution in [0.3, 0.4) is 0 Å². The van der Waals surface area contributed by atoms with E-state index in [1.165, 1.54) is 19.4 Å². The lowest BCUT2D eigenvalue weighted by molar-refractivity contribution is -0.136. The zero-order chi connectivity index (χ0) is 19.4. The number of benzene rings is 2. The molecule has 2 aromatic carbocycles. The first-order valence-electron chi connectivity index (χ1n) is 8.16. The summed E-state index contributed by atoms with van der Waals surface area (Å²) in [5.74, 6) is -0.583. The van der Waals surface area contributed by atoms with Crippen molar-refractivity contribution in [2.75, 3.05) is 11.8 Å². The number of ether oxygens (including phenoxy) is 1. The highest BCUT2D eigenvalue weighted by atomic mass is 32.2. The maximum Gasteiger partial charge on any atom is 0.303 e. The van der Waals surface area contributed by atoms with Crippen LogP contribution in [0.2, 0.25) is 0 Å². The van der Waals surface area contributed by atoms with Crippen LogP contribution in [0.25, 0.3) is 10.9 Å². The molecule has 2 N–H and O–H groups in total. The summed E-state index contributed by atoms with van der Waals surface area (Å²) in [4.78, 5) is 15.0. The van der Waals surface area contributed by atoms with Crippen molar-refractivity contribution in [2.24, 2.45) is 0 Å². The Morgan fingerprint density at radius 3 is 2.70 bits per heavy atom. The molecule has 0 fully saturated rings. The summed E-state index contributed by atoms with van der Waals surface area (Å²) < 4.78 is 33.7. The molecule has 8 heteroatoms. The van der Waals surface area contributed by atoms with Gasteiger partial charge in [-0.25, -0.2) is 8.42 Å². The lowest BCUT2D eigenvalue weighted by Gasteiger charge is -2.14. The van der Waals surface area contributed by atoms with Crippen molar-refractivity contribution in [3.05, 3.63) is 60.3 Å². The zero-order valence-corrected chi connectivity index (χ0v) is 15.4. The van der Waals surface area contributed by atoms with Crippen LogP contribution in [0.4, 0.5) is 5.69 Å². The monoisotopic (exact) mass is 386 g/mol. The van der Waals surface area contributed by atoms with Gasteiger partial charge in [0.1, 0.15) is 10.6 Å². The number of nitrogens with zero attached hydrogens (tertiary/aromatic N) is 1. The van der Waals surface area contributed by atoms with Gasteiger partial charge in [0.15, 0.2) is 0 Å². The SMILES string of the molecule is COc1ccc(CCC(=O)O)cc1NS(=O)(=O)c1cccc2cccnc12. The first-order valence-corrected chi connectivity index (χ1v) is 9.64. The van der Waals surface area contributed by atoms with Crippen molar-refractivity contribution in [1.29, 1.82) is 0 Å². The Morgan fingerprint density at radius 1 is 1.19 bits per heavy atom. The highest BCUT2D eigenvalue weighted by Gasteiger charge is 2.20. The number of carboxylic acids is 1. The molecule has 0 spiro atoms. The Hall–Kier alpha value is -3.13. The second kappa shape index (κ2) is 7.63. The molecule has 1 aromatic heterocycles. The van der Waals surface area contributed by atoms with Crippen LogP contribution in [0.15, 0.2) is 59.6 Å². The van der Waals surface area contributed by atoms with Crippen molar-refractivity contribution < 1.29 is 23.1 Å². The van der Waals surface area contributed by atoms with Gasteiger partial charge in [-0.15, -0.1) is 0 Å². The van der Waals surface area contributed by atoms with Gasteiger partial charge in [0.2, 0.25) is 0 Å². The number of nitrogens with one attached hydrogen (secondary N) is 1. The second-order valence-electron chi connectivity index (χ2n) is 5.87. The third-order valence-electron chi connectivity index (χ3n) is 4.02. The number of aryl methyl sites for hydroxylation is 1. The molecule has 0 aliphatic heterocycles. The van der Waals surface area contributed by atoms with Gasteiger partial charge >= 0.3 is 5.97 Å². The molecule has 0 atom stereocenters. The Balaban J connectivity index is 1.99. The lowest BCUT2D eigenvalue weighted by Crippen LogP contribution is -2.14. The smallest absolute Gasteiger partial charge is 0.303 e. The van der Waals surface area contributed by atoms with Gasteiger partial charge in [-0.1, -0.05) is 24.3 Å². The molecular weight excluding hydrogens is 368 g/mol. The molecule has 1 heterocycles. The molecule has 140 valence electrons. The molecule has 0 saturated carbocycles. The molecule has 27 heavy (non-hydrogen) atoms. The van der Waals surface area contributed by atoms with Gasteiger partial charge in [-0.2, -0.15) is 0 Å². The van der Waals surface area contributed by atoms with E-state index in [0.717, 1.165) is 0 Å². The van der Waals surface area contributed by atoms with Crippen molar-refractivity contribution in [3.8, 4) is 5.75 Å². The number of aromatic nitrogens is 1. The maximum absolute atomic E-state index is 13.0. The third-order valence-corrected chi connectivity index (χ3v) is 5.42. The number of sulfonamides is 1. The van der Waals surface area contributed by atoms with Crippen LogP contribution >= 0.6 is 0 Å². The summed E-state index contributed by atoms with van der Waals surface area (Å²) in [6.45, 7) is 0. The van der Waals surface area contributed by atoms with Crippen LogP contribution in [0.1, 0.15) is 12.0 Å². The molecule has 0 unspecified atom stereocenters. The summed E-state index contributed by atoms with van der Waals surface area (Å²) >= 11 is 0. The highest BCUT2D eigenvalue weighted by Crippen LogP contribution is 2.30. The molecule has 0 radical (unpaired) electrons. The predicted molar refractivity (Wildman–Crippen MR) is 102 cm³/mol. The van der Waals surface area contributed by atoms with E-state index in [1.807, 2.05) is 0 Å². The number of carbonyl (C=O) groups is 1. The van der Waals surface area contributed by atoms with E-state index in [0.29, 0.717) is 22.2 Å². The van der Waals surface area contributed by atoms with Gasteiger partial charge < -0.3 is 9.84 Å². The number of pyridine rings is 1. The fourth-order valence-corrected chi connectivity index (χ4v) is 3.98. The molecule has 3 aromatic rings. The Labute approximate surface area is 156 Å². The quantitative estimate of drug-likeness (QED) is 0.646. The molecule has 3 rings (SSSR count). The topological polar surface area (TPSA) is 106 Å². The number of hydrogen-bond acceptors (Lipinski definition) is 5. The van der Waals surface area contributed by atoms with E-state index in [9.17, 15) is 13.2 Å². The van der Waals surface area contributed by atoms with Crippen molar-refractivity contribution in [1.82, 2.24) is 4.98 Å². The Morgan fingerprint density at radius 2 is 1.96 bits per heavy atom. The average molecular weight is 386 g/mol. The molecule has 0 saturated heterocycles. The number of para-hydroxylation sites is 1. The fraction of sp³-hybridized carbons (Fsp3) is 0.158. The van der Waals surface area contributed by atoms with E-state index in [-0.39, 0.29) is 23.4 Å². The molecule has 0 amide bonds. The van der Waals surface area contributed by atoms with Crippen LogP contribution in [-0.2, 0) is 21.2 Å². The van der Waals surface area contributed by atoms with Crippen LogP contribution in [0.5, 0.6) is 5.75 Å². The van der Waals surface area contributed by atoms with Crippen molar-refractivity contribution in [3.63, 3.8) is 0 Å². The molecular formula is C19H18N2O5S. The highest BCUT2D eigenvalue weighted by molar-refractivity contribution is 7.93. The van der Waals surface area contributed by atoms with Crippen LogP contribution < -0.4 is 9.46 Å². The van der Waals surface area contributed by atoms with E-state index >= 15 is 0 Å². The van der Waals surface area contributed by atoms with Crippen molar-refractivity contribution in [2.45, 2.75) is 17.7 Å². The fourth-order valence-electron chi connectivity index (χ4n) is 2.73. The van der Waals surface area contributed by atoms with E-state index < -0.39 is 16.0 Å². The Kier molecular flexibility index (Phi) is 5.27. The number of carboxylic acid groups (broad SMARTS) is 1. The standard InChI is InChI=1S/C19H18N2O5S/c1-26-16-9-7-13(8-10-18(22)23)12-15(16)21-27(24,25)17-6-2-4-14-5-3-11-20-19(14)17/h2-7,9,11-12,21H,8,10H2,1H3,(H,22,23). The molecule has 7 nitrogen and oxygen atoms in total. The number of rotatable bonds is 7. The number of methoxy groups -OCH3 is 1. The van der Waals surface area contributed by atoms with E-state index in [4.69, 9.17) is 9.84 Å². The minimum atomic E-state index is -3.93. The third kappa shape index (κ3) is 4.17. The van der Waals surface area contributed by atoms with Gasteiger partial charge in [-0.05, 0) is 36.2 Å². The minimum absolute atomic E-state index is 0.0498. The largest absolute Gasteiger partial charge is 0.495 e. The summed E-state index contributed by atoms with van der Waals surface area (Å²) in [5, 5.41) is 9.55. The first-order chi connectivity index (χ1) is 12.9. The average Bonchev–Trinajstić information content (AvgIpc) is 2.65. The summed E-state index contributed by atoms with van der Waals surface area (Å²) in [6, 6.07) is 13.3. The molecule has 0 aliphatic rings. The van der Waals surface area contributed by atoms with Crippen LogP contribution in [-0.4, -0.2) is 31.6 Å². The zero-order valence-electron chi connectivity index (χ0n) is 14.5. The molecule has 0 aliphatic carbocycles. The van der Waals surface area contributed by atoms with Gasteiger partial charge in [0.05, 0.1) is 18.3 Å². The summed E-state index contributed by atoms with van der Waals surface area (Å²) in [6.07, 6.45) is 1.77. The summed E-state index contributed by atoms with van der Waals surface area (Å²) in [5.41, 5.74) is 1.30. The normalized spacial score (nSPS) is 11.3. The Bertz CT molecular complexity index is 1090. The maximum atomic E-state index is 13.0. The van der Waals surface area contributed by atoms with E-state index in [2.05, 4.69) is 9.71 Å². The number of fused-ring (bicyclic) bond motifs is 1. The first kappa shape index (κ1) is 18.7. The predicted octanol–water partition coefficient (Wildman–Crippen LogP) is 3.06. The lowest BCUT2D eigenvalue weighted by atomic mass is 10.1. The van der Waals surface area contributed by atoms with E-state index in [1.54, 1.807) is 42.5 Å². The molecule has 0 bridgehead atoms. The number of hydrogen-bond donors (Lipinski definition) is 2. The number of anilines is 1.